The van der Waals surface area contributed by atoms with E-state index in [0.717, 1.165) is 25.7 Å². The molecular formula is C31H40N3O2P. The molecule has 1 unspecified atom stereocenters. The lowest BCUT2D eigenvalue weighted by Gasteiger charge is -2.38. The molecule has 6 heteroatoms. The quantitative estimate of drug-likeness (QED) is 0.319. The van der Waals surface area contributed by atoms with Crippen LogP contribution in [0.2, 0.25) is 0 Å². The molecule has 37 heavy (non-hydrogen) atoms. The smallest absolute Gasteiger partial charge is 0.253 e. The first-order chi connectivity index (χ1) is 18.0. The van der Waals surface area contributed by atoms with Crippen molar-refractivity contribution < 1.29 is 0 Å². The van der Waals surface area contributed by atoms with Crippen LogP contribution < -0.4 is 32.1 Å². The maximum Gasteiger partial charge on any atom is 0.253 e. The fourth-order valence-corrected chi connectivity index (χ4v) is 9.95. The fraction of sp³-hybridized carbons (Fsp3) is 0.484. The molecule has 2 N–H and O–H groups in total. The molecule has 5 nitrogen and oxygen atoms in total. The fourth-order valence-electron chi connectivity index (χ4n) is 6.67. The highest BCUT2D eigenvalue weighted by Gasteiger charge is 2.39. The molecule has 0 aliphatic heterocycles. The number of hydrogen-bond acceptors (Lipinski definition) is 5. The molecule has 0 aromatic heterocycles. The second kappa shape index (κ2) is 11.5. The van der Waals surface area contributed by atoms with Crippen LogP contribution in [-0.2, 0) is 0 Å². The van der Waals surface area contributed by atoms with Crippen molar-refractivity contribution in [3.63, 3.8) is 0 Å². The molecular weight excluding hydrogens is 477 g/mol. The molecule has 0 spiro atoms. The largest absolute Gasteiger partial charge is 0.377 e. The van der Waals surface area contributed by atoms with Gasteiger partial charge in [0, 0.05) is 18.1 Å². The topological polar surface area (TPSA) is 61.4 Å². The van der Waals surface area contributed by atoms with Crippen LogP contribution in [-0.4, -0.2) is 42.8 Å². The van der Waals surface area contributed by atoms with E-state index in [4.69, 9.17) is 0 Å². The first-order valence-corrected chi connectivity index (χ1v) is 15.3. The standard InChI is InChI=1S/C31H40N3O2P/c1-21(32-28-29(31(36)30(28)35)33-25-18-10-11-19-26(25)34(2)3)24-17-12-20-27(24)37(22-13-6-4-7-14-22)23-15-8-5-9-16-23/h4-9,13-16,21,24-27,32-33H,10-12,17-20H2,1-3H3/t21-,24+,25+,26+,27?/m1/s1. The van der Waals surface area contributed by atoms with E-state index in [-0.39, 0.29) is 22.9 Å². The van der Waals surface area contributed by atoms with Gasteiger partial charge in [0.15, 0.2) is 0 Å². The number of hydrogen-bond donors (Lipinski definition) is 2. The minimum atomic E-state index is -0.522. The Hall–Kier alpha value is -2.49. The summed E-state index contributed by atoms with van der Waals surface area (Å²) in [5.74, 6) is 0.438. The summed E-state index contributed by atoms with van der Waals surface area (Å²) in [5, 5.41) is 9.89. The molecule has 3 aromatic rings. The molecule has 2 saturated carbocycles. The Morgan fingerprint density at radius 1 is 0.784 bits per heavy atom. The van der Waals surface area contributed by atoms with Crippen molar-refractivity contribution in [1.82, 2.24) is 4.90 Å². The number of nitrogens with zero attached hydrogens (tertiary/aromatic N) is 1. The van der Waals surface area contributed by atoms with Crippen LogP contribution in [0.3, 0.4) is 0 Å². The highest BCUT2D eigenvalue weighted by atomic mass is 31.1. The maximum atomic E-state index is 12.7. The van der Waals surface area contributed by atoms with Crippen molar-refractivity contribution in [2.45, 2.75) is 75.7 Å². The van der Waals surface area contributed by atoms with Crippen LogP contribution in [0.25, 0.3) is 0 Å². The highest BCUT2D eigenvalue weighted by molar-refractivity contribution is 7.73. The van der Waals surface area contributed by atoms with E-state index in [1.54, 1.807) is 0 Å². The second-order valence-electron chi connectivity index (χ2n) is 11.1. The van der Waals surface area contributed by atoms with Gasteiger partial charge >= 0.3 is 0 Å². The second-order valence-corrected chi connectivity index (χ2v) is 13.5. The van der Waals surface area contributed by atoms with Crippen LogP contribution in [0, 0.1) is 5.92 Å². The zero-order valence-corrected chi connectivity index (χ0v) is 23.2. The van der Waals surface area contributed by atoms with Crippen LogP contribution in [0.1, 0.15) is 51.9 Å². The van der Waals surface area contributed by atoms with E-state index in [9.17, 15) is 9.59 Å². The summed E-state index contributed by atoms with van der Waals surface area (Å²) in [4.78, 5) is 27.6. The van der Waals surface area contributed by atoms with Crippen LogP contribution in [0.5, 0.6) is 0 Å². The summed E-state index contributed by atoms with van der Waals surface area (Å²) in [6, 6.07) is 22.6. The van der Waals surface area contributed by atoms with Crippen LogP contribution in [0.4, 0.5) is 11.4 Å². The molecule has 0 amide bonds. The first kappa shape index (κ1) is 26.1. The minimum Gasteiger partial charge on any atom is -0.377 e. The number of benzene rings is 2. The van der Waals surface area contributed by atoms with Crippen molar-refractivity contribution in [3.05, 3.63) is 81.1 Å². The molecule has 2 aliphatic carbocycles. The van der Waals surface area contributed by atoms with E-state index < -0.39 is 7.92 Å². The van der Waals surface area contributed by atoms with E-state index in [0.29, 0.717) is 29.0 Å². The van der Waals surface area contributed by atoms with Gasteiger partial charge in [-0.1, -0.05) is 79.9 Å². The number of rotatable bonds is 9. The zero-order chi connectivity index (χ0) is 25.9. The average Bonchev–Trinajstić information content (AvgIpc) is 3.41. The monoisotopic (exact) mass is 517 g/mol. The summed E-state index contributed by atoms with van der Waals surface area (Å²) in [6.07, 6.45) is 8.04. The number of nitrogens with one attached hydrogen (secondary N) is 2. The Labute approximate surface area is 222 Å². The Bertz CT molecular complexity index is 1200. The van der Waals surface area contributed by atoms with Gasteiger partial charge in [0.2, 0.25) is 0 Å². The van der Waals surface area contributed by atoms with Crippen LogP contribution >= 0.6 is 7.92 Å². The van der Waals surface area contributed by atoms with Gasteiger partial charge in [-0.05, 0) is 76.8 Å². The lowest BCUT2D eigenvalue weighted by Crippen LogP contribution is -2.49. The Morgan fingerprint density at radius 2 is 1.38 bits per heavy atom. The third-order valence-corrected chi connectivity index (χ3v) is 11.6. The number of anilines is 2. The normalized spacial score (nSPS) is 25.0. The van der Waals surface area contributed by atoms with Gasteiger partial charge in [-0.15, -0.1) is 0 Å². The number of likely N-dealkylation sites (N-methyl/N-ethyl adjacent to an activating group) is 1. The summed E-state index contributed by atoms with van der Waals surface area (Å²) < 4.78 is 0. The molecule has 196 valence electrons. The Morgan fingerprint density at radius 3 is 2.00 bits per heavy atom. The predicted molar refractivity (Wildman–Crippen MR) is 158 cm³/mol. The first-order valence-electron chi connectivity index (χ1n) is 13.9. The van der Waals surface area contributed by atoms with Gasteiger partial charge in [-0.25, -0.2) is 0 Å². The molecule has 0 saturated heterocycles. The van der Waals surface area contributed by atoms with Gasteiger partial charge in [0.05, 0.1) is 0 Å². The molecule has 0 heterocycles. The molecule has 2 fully saturated rings. The molecule has 5 atom stereocenters. The van der Waals surface area contributed by atoms with Gasteiger partial charge in [0.1, 0.15) is 11.4 Å². The Balaban J connectivity index is 1.37. The SMILES string of the molecule is C[C@@H](Nc1c(N[C@H]2CCCC[C@@H]2N(C)C)c(=O)c1=O)[C@@H]1CCCC1P(c1ccccc1)c1ccccc1. The molecule has 5 rings (SSSR count). The minimum absolute atomic E-state index is 0.116. The third-order valence-electron chi connectivity index (χ3n) is 8.58. The highest BCUT2D eigenvalue weighted by Crippen LogP contribution is 2.51. The molecule has 0 bridgehead atoms. The molecule has 0 radical (unpaired) electrons. The van der Waals surface area contributed by atoms with Crippen molar-refractivity contribution in [2.24, 2.45) is 5.92 Å². The van der Waals surface area contributed by atoms with Crippen molar-refractivity contribution in [2.75, 3.05) is 24.7 Å². The van der Waals surface area contributed by atoms with Gasteiger partial charge < -0.3 is 15.5 Å². The summed E-state index contributed by atoms with van der Waals surface area (Å²) in [7, 11) is 3.68. The Kier molecular flexibility index (Phi) is 8.12. The van der Waals surface area contributed by atoms with E-state index in [1.165, 1.54) is 29.9 Å². The van der Waals surface area contributed by atoms with Crippen molar-refractivity contribution >= 4 is 29.9 Å². The maximum absolute atomic E-state index is 12.7. The summed E-state index contributed by atoms with van der Waals surface area (Å²) >= 11 is 0. The van der Waals surface area contributed by atoms with Crippen molar-refractivity contribution in [1.29, 1.82) is 0 Å². The van der Waals surface area contributed by atoms with Gasteiger partial charge in [-0.3, -0.25) is 9.59 Å². The molecule has 2 aliphatic rings. The van der Waals surface area contributed by atoms with Gasteiger partial charge in [-0.2, -0.15) is 0 Å². The third kappa shape index (κ3) is 5.40. The lowest BCUT2D eigenvalue weighted by atomic mass is 9.89. The van der Waals surface area contributed by atoms with E-state index >= 15 is 0 Å². The van der Waals surface area contributed by atoms with Crippen molar-refractivity contribution in [3.8, 4) is 0 Å². The average molecular weight is 518 g/mol. The van der Waals surface area contributed by atoms with Gasteiger partial charge in [0.25, 0.3) is 10.9 Å². The summed E-state index contributed by atoms with van der Waals surface area (Å²) in [6.45, 7) is 2.20. The zero-order valence-electron chi connectivity index (χ0n) is 22.3. The van der Waals surface area contributed by atoms with Crippen LogP contribution in [0.15, 0.2) is 70.3 Å². The van der Waals surface area contributed by atoms with E-state index in [2.05, 4.69) is 97.2 Å². The predicted octanol–water partition coefficient (Wildman–Crippen LogP) is 4.67. The lowest BCUT2D eigenvalue weighted by molar-refractivity contribution is 0.211. The van der Waals surface area contributed by atoms with E-state index in [1.807, 2.05) is 0 Å². The summed E-state index contributed by atoms with van der Waals surface area (Å²) in [5.41, 5.74) is 0.821. The molecule has 3 aromatic carbocycles.